The van der Waals surface area contributed by atoms with Crippen LogP contribution in [-0.4, -0.2) is 0 Å². The van der Waals surface area contributed by atoms with Gasteiger partial charge in [0.1, 0.15) is 0 Å². The van der Waals surface area contributed by atoms with E-state index in [1.807, 2.05) is 0 Å². The van der Waals surface area contributed by atoms with Crippen LogP contribution in [0.25, 0.3) is 0 Å². The Hall–Kier alpha value is 0. The molecule has 0 heteroatoms. The van der Waals surface area contributed by atoms with Gasteiger partial charge in [-0.15, -0.1) is 0 Å². The van der Waals surface area contributed by atoms with Crippen LogP contribution in [0.3, 0.4) is 0 Å². The van der Waals surface area contributed by atoms with E-state index in [0.717, 1.165) is 41.4 Å². The topological polar surface area (TPSA) is 0 Å². The first kappa shape index (κ1) is 24.0. The van der Waals surface area contributed by atoms with Crippen molar-refractivity contribution in [1.29, 1.82) is 0 Å². The summed E-state index contributed by atoms with van der Waals surface area (Å²) in [5, 5.41) is 0. The molecule has 26 heavy (non-hydrogen) atoms. The van der Waals surface area contributed by atoms with Crippen molar-refractivity contribution < 1.29 is 0 Å². The first-order valence-corrected chi connectivity index (χ1v) is 12.3. The molecule has 0 radical (unpaired) electrons. The van der Waals surface area contributed by atoms with E-state index in [2.05, 4.69) is 48.5 Å². The van der Waals surface area contributed by atoms with Gasteiger partial charge in [0.15, 0.2) is 0 Å². The normalized spacial score (nSPS) is 28.2. The van der Waals surface area contributed by atoms with E-state index >= 15 is 0 Å². The Morgan fingerprint density at radius 3 is 1.69 bits per heavy atom. The Kier molecular flexibility index (Phi) is 12.2. The van der Waals surface area contributed by atoms with Crippen LogP contribution < -0.4 is 0 Å². The summed E-state index contributed by atoms with van der Waals surface area (Å²) in [7, 11) is 0. The smallest absolute Gasteiger partial charge is 0.0355 e. The molecular weight excluding hydrogens is 312 g/mol. The predicted molar refractivity (Wildman–Crippen MR) is 120 cm³/mol. The minimum Gasteiger partial charge on any atom is -0.0654 e. The van der Waals surface area contributed by atoms with E-state index in [4.69, 9.17) is 0 Å². The van der Waals surface area contributed by atoms with Crippen LogP contribution in [0, 0.1) is 41.4 Å². The van der Waals surface area contributed by atoms with Crippen LogP contribution in [0.2, 0.25) is 0 Å². The largest absolute Gasteiger partial charge is 0.0654 e. The van der Waals surface area contributed by atoms with Crippen molar-refractivity contribution in [2.45, 2.75) is 126 Å². The summed E-state index contributed by atoms with van der Waals surface area (Å²) < 4.78 is 0. The standard InChI is InChI=1S/C19H38.C7H14/c1-7-8-16(5)17(6)19(13-14(2)3)18-11-9-15(4)10-12-18;1-7-5-3-2-4-6-7/h14-19H,7-13H2,1-6H3;7H,2-6H2,1H3. The van der Waals surface area contributed by atoms with Crippen molar-refractivity contribution in [3.05, 3.63) is 0 Å². The van der Waals surface area contributed by atoms with E-state index in [0.29, 0.717) is 0 Å². The molecule has 2 aliphatic rings. The van der Waals surface area contributed by atoms with Gasteiger partial charge in [0.25, 0.3) is 0 Å². The maximum atomic E-state index is 2.55. The molecule has 0 aromatic rings. The Bertz CT molecular complexity index is 315. The number of hydrogen-bond donors (Lipinski definition) is 0. The monoisotopic (exact) mass is 364 g/mol. The van der Waals surface area contributed by atoms with E-state index < -0.39 is 0 Å². The summed E-state index contributed by atoms with van der Waals surface area (Å²) in [5.74, 6) is 6.71. The van der Waals surface area contributed by atoms with Crippen molar-refractivity contribution in [2.75, 3.05) is 0 Å². The molecule has 0 amide bonds. The fourth-order valence-electron chi connectivity index (χ4n) is 5.54. The van der Waals surface area contributed by atoms with Crippen molar-refractivity contribution in [1.82, 2.24) is 0 Å². The van der Waals surface area contributed by atoms with Crippen LogP contribution in [0.15, 0.2) is 0 Å². The van der Waals surface area contributed by atoms with E-state index in [1.54, 1.807) is 0 Å². The molecule has 0 aromatic heterocycles. The van der Waals surface area contributed by atoms with Crippen molar-refractivity contribution in [3.63, 3.8) is 0 Å². The third kappa shape index (κ3) is 9.27. The molecule has 0 bridgehead atoms. The van der Waals surface area contributed by atoms with Crippen LogP contribution in [-0.2, 0) is 0 Å². The molecule has 0 aliphatic heterocycles. The Labute approximate surface area is 167 Å². The summed E-state index contributed by atoms with van der Waals surface area (Å²) in [6, 6.07) is 0. The maximum absolute atomic E-state index is 2.55. The molecule has 0 N–H and O–H groups in total. The highest BCUT2D eigenvalue weighted by Crippen LogP contribution is 2.42. The zero-order valence-corrected chi connectivity index (χ0v) is 19.5. The molecule has 0 saturated heterocycles. The van der Waals surface area contributed by atoms with Crippen LogP contribution in [0.1, 0.15) is 126 Å². The molecule has 0 nitrogen and oxygen atoms in total. The highest BCUT2D eigenvalue weighted by Gasteiger charge is 2.32. The molecule has 0 spiro atoms. The van der Waals surface area contributed by atoms with Gasteiger partial charge < -0.3 is 0 Å². The molecule has 0 aromatic carbocycles. The van der Waals surface area contributed by atoms with Crippen LogP contribution in [0.4, 0.5) is 0 Å². The first-order chi connectivity index (χ1) is 12.3. The van der Waals surface area contributed by atoms with Crippen LogP contribution >= 0.6 is 0 Å². The van der Waals surface area contributed by atoms with Gasteiger partial charge in [0, 0.05) is 0 Å². The molecule has 2 saturated carbocycles. The molecule has 2 aliphatic carbocycles. The second-order valence-electron chi connectivity index (χ2n) is 10.7. The molecule has 156 valence electrons. The summed E-state index contributed by atoms with van der Waals surface area (Å²) in [5.41, 5.74) is 0. The van der Waals surface area contributed by atoms with Crippen molar-refractivity contribution >= 4 is 0 Å². The lowest BCUT2D eigenvalue weighted by molar-refractivity contribution is 0.110. The Balaban J connectivity index is 0.000000401. The van der Waals surface area contributed by atoms with Crippen molar-refractivity contribution in [3.8, 4) is 0 Å². The summed E-state index contributed by atoms with van der Waals surface area (Å²) in [4.78, 5) is 0. The summed E-state index contributed by atoms with van der Waals surface area (Å²) in [6.45, 7) is 17.0. The molecule has 2 rings (SSSR count). The predicted octanol–water partition coefficient (Wildman–Crippen LogP) is 9.13. The quantitative estimate of drug-likeness (QED) is 0.422. The first-order valence-electron chi connectivity index (χ1n) is 12.3. The molecule has 3 unspecified atom stereocenters. The summed E-state index contributed by atoms with van der Waals surface area (Å²) in [6.07, 6.45) is 17.6. The Morgan fingerprint density at radius 2 is 1.27 bits per heavy atom. The number of rotatable bonds is 7. The van der Waals surface area contributed by atoms with Gasteiger partial charge in [-0.1, -0.05) is 106 Å². The summed E-state index contributed by atoms with van der Waals surface area (Å²) >= 11 is 0. The third-order valence-corrected chi connectivity index (χ3v) is 7.62. The molecule has 2 fully saturated rings. The van der Waals surface area contributed by atoms with Gasteiger partial charge in [0.05, 0.1) is 0 Å². The minimum absolute atomic E-state index is 0.862. The lowest BCUT2D eigenvalue weighted by Crippen LogP contribution is -2.30. The lowest BCUT2D eigenvalue weighted by Gasteiger charge is -2.39. The van der Waals surface area contributed by atoms with Gasteiger partial charge in [-0.05, 0) is 60.7 Å². The zero-order valence-electron chi connectivity index (χ0n) is 19.5. The van der Waals surface area contributed by atoms with Gasteiger partial charge in [-0.3, -0.25) is 0 Å². The van der Waals surface area contributed by atoms with Crippen molar-refractivity contribution in [2.24, 2.45) is 41.4 Å². The highest BCUT2D eigenvalue weighted by molar-refractivity contribution is 4.82. The fraction of sp³-hybridized carbons (Fsp3) is 1.00. The van der Waals surface area contributed by atoms with Gasteiger partial charge in [0.2, 0.25) is 0 Å². The minimum atomic E-state index is 0.862. The van der Waals surface area contributed by atoms with E-state index in [1.165, 1.54) is 77.0 Å². The average Bonchev–Trinajstić information content (AvgIpc) is 2.61. The second kappa shape index (κ2) is 13.2. The van der Waals surface area contributed by atoms with E-state index in [-0.39, 0.29) is 0 Å². The van der Waals surface area contributed by atoms with Crippen LogP contribution in [0.5, 0.6) is 0 Å². The third-order valence-electron chi connectivity index (χ3n) is 7.62. The Morgan fingerprint density at radius 1 is 0.731 bits per heavy atom. The number of hydrogen-bond acceptors (Lipinski definition) is 0. The SMILES string of the molecule is CC1CCCCC1.CCCC(C)C(C)C(CC(C)C)C1CCC(C)CC1. The van der Waals surface area contributed by atoms with Gasteiger partial charge in [-0.2, -0.15) is 0 Å². The maximum Gasteiger partial charge on any atom is -0.0355 e. The molecule has 0 heterocycles. The van der Waals surface area contributed by atoms with Gasteiger partial charge in [-0.25, -0.2) is 0 Å². The average molecular weight is 365 g/mol. The highest BCUT2D eigenvalue weighted by atomic mass is 14.4. The zero-order chi connectivity index (χ0) is 19.5. The molecular formula is C26H52. The van der Waals surface area contributed by atoms with E-state index in [9.17, 15) is 0 Å². The second-order valence-corrected chi connectivity index (χ2v) is 10.7. The lowest BCUT2D eigenvalue weighted by atomic mass is 9.66. The van der Waals surface area contributed by atoms with Gasteiger partial charge >= 0.3 is 0 Å². The molecule has 3 atom stereocenters. The fourth-order valence-corrected chi connectivity index (χ4v) is 5.54.